The summed E-state index contributed by atoms with van der Waals surface area (Å²) in [5.74, 6) is 0. The van der Waals surface area contributed by atoms with E-state index in [-0.39, 0.29) is 12.1 Å². The molecule has 3 aromatic heterocycles. The predicted octanol–water partition coefficient (Wildman–Crippen LogP) is 2.73. The van der Waals surface area contributed by atoms with Crippen LogP contribution in [-0.4, -0.2) is 30.6 Å². The second-order valence-corrected chi connectivity index (χ2v) is 6.33. The van der Waals surface area contributed by atoms with E-state index in [1.807, 2.05) is 40.9 Å². The van der Waals surface area contributed by atoms with Gasteiger partial charge in [0.25, 0.3) is 0 Å². The first-order valence-electron chi connectivity index (χ1n) is 8.21. The summed E-state index contributed by atoms with van der Waals surface area (Å²) in [6.45, 7) is 7.17. The van der Waals surface area contributed by atoms with Gasteiger partial charge in [0.1, 0.15) is 0 Å². The molecule has 0 aromatic carbocycles. The Kier molecular flexibility index (Phi) is 4.76. The molecule has 0 aliphatic carbocycles. The molecule has 0 spiro atoms. The fraction of sp³-hybridized carbons (Fsp3) is 0.389. The lowest BCUT2D eigenvalue weighted by atomic mass is 10.1. The van der Waals surface area contributed by atoms with Crippen molar-refractivity contribution < 1.29 is 0 Å². The standard InChI is InChI=1S/C18H24N6/c1-13-8-21-24(11-13)15(3)14(2)20-10-17-12-23(4)22-18(17)16-6-5-7-19-9-16/h5-9,11-12,14-15,20H,10H2,1-4H3/t14-,15-/m1/s1. The van der Waals surface area contributed by atoms with Crippen molar-refractivity contribution in [3.63, 3.8) is 0 Å². The zero-order valence-corrected chi connectivity index (χ0v) is 14.6. The molecule has 0 saturated carbocycles. The molecular weight excluding hydrogens is 300 g/mol. The van der Waals surface area contributed by atoms with Crippen LogP contribution in [0.25, 0.3) is 11.3 Å². The van der Waals surface area contributed by atoms with Gasteiger partial charge >= 0.3 is 0 Å². The quantitative estimate of drug-likeness (QED) is 0.757. The highest BCUT2D eigenvalue weighted by atomic mass is 15.3. The lowest BCUT2D eigenvalue weighted by molar-refractivity contribution is 0.365. The number of rotatable bonds is 6. The molecule has 3 rings (SSSR count). The normalized spacial score (nSPS) is 13.8. The smallest absolute Gasteiger partial charge is 0.0983 e. The minimum Gasteiger partial charge on any atom is -0.308 e. The Morgan fingerprint density at radius 3 is 2.71 bits per heavy atom. The van der Waals surface area contributed by atoms with Crippen molar-refractivity contribution in [2.75, 3.05) is 0 Å². The number of nitrogens with one attached hydrogen (secondary N) is 1. The third kappa shape index (κ3) is 3.54. The zero-order chi connectivity index (χ0) is 17.1. The van der Waals surface area contributed by atoms with Crippen LogP contribution < -0.4 is 5.32 Å². The maximum atomic E-state index is 4.58. The largest absolute Gasteiger partial charge is 0.308 e. The van der Waals surface area contributed by atoms with Crippen molar-refractivity contribution in [3.8, 4) is 11.3 Å². The third-order valence-corrected chi connectivity index (χ3v) is 4.33. The summed E-state index contributed by atoms with van der Waals surface area (Å²) in [5, 5.41) is 12.6. The van der Waals surface area contributed by atoms with Crippen molar-refractivity contribution in [3.05, 3.63) is 54.2 Å². The average Bonchev–Trinajstić information content (AvgIpc) is 3.18. The summed E-state index contributed by atoms with van der Waals surface area (Å²) >= 11 is 0. The molecule has 0 aliphatic heterocycles. The molecule has 6 nitrogen and oxygen atoms in total. The van der Waals surface area contributed by atoms with E-state index in [2.05, 4.69) is 53.7 Å². The minimum absolute atomic E-state index is 0.275. The Morgan fingerprint density at radius 1 is 1.21 bits per heavy atom. The maximum absolute atomic E-state index is 4.58. The van der Waals surface area contributed by atoms with Crippen LogP contribution in [0.2, 0.25) is 0 Å². The molecule has 3 heterocycles. The fourth-order valence-corrected chi connectivity index (χ4v) is 2.74. The molecule has 0 radical (unpaired) electrons. The van der Waals surface area contributed by atoms with Crippen molar-refractivity contribution in [1.82, 2.24) is 29.9 Å². The van der Waals surface area contributed by atoms with E-state index >= 15 is 0 Å². The Morgan fingerprint density at radius 2 is 2.04 bits per heavy atom. The third-order valence-electron chi connectivity index (χ3n) is 4.33. The summed E-state index contributed by atoms with van der Waals surface area (Å²) in [5.41, 5.74) is 4.37. The Balaban J connectivity index is 1.71. The number of nitrogens with zero attached hydrogens (tertiary/aromatic N) is 5. The van der Waals surface area contributed by atoms with Crippen LogP contribution in [0.5, 0.6) is 0 Å². The average molecular weight is 324 g/mol. The lowest BCUT2D eigenvalue weighted by Crippen LogP contribution is -2.33. The van der Waals surface area contributed by atoms with E-state index in [4.69, 9.17) is 0 Å². The zero-order valence-electron chi connectivity index (χ0n) is 14.6. The number of pyridine rings is 1. The second-order valence-electron chi connectivity index (χ2n) is 6.33. The van der Waals surface area contributed by atoms with Crippen LogP contribution in [0.1, 0.15) is 31.0 Å². The molecular formula is C18H24N6. The molecule has 0 fully saturated rings. The Hall–Kier alpha value is -2.47. The summed E-state index contributed by atoms with van der Waals surface area (Å²) in [6.07, 6.45) is 9.66. The van der Waals surface area contributed by atoms with Crippen molar-refractivity contribution >= 4 is 0 Å². The van der Waals surface area contributed by atoms with E-state index < -0.39 is 0 Å². The Labute approximate surface area is 142 Å². The minimum atomic E-state index is 0.275. The maximum Gasteiger partial charge on any atom is 0.0983 e. The van der Waals surface area contributed by atoms with Gasteiger partial charge in [-0.2, -0.15) is 10.2 Å². The number of hydrogen-bond acceptors (Lipinski definition) is 4. The molecule has 3 aromatic rings. The first-order valence-corrected chi connectivity index (χ1v) is 8.21. The Bertz CT molecular complexity index is 789. The van der Waals surface area contributed by atoms with E-state index in [1.54, 1.807) is 6.20 Å². The van der Waals surface area contributed by atoms with E-state index in [0.717, 1.165) is 17.8 Å². The van der Waals surface area contributed by atoms with Crippen LogP contribution >= 0.6 is 0 Å². The first kappa shape index (κ1) is 16.4. The van der Waals surface area contributed by atoms with E-state index in [0.29, 0.717) is 0 Å². The van der Waals surface area contributed by atoms with E-state index in [1.165, 1.54) is 11.1 Å². The van der Waals surface area contributed by atoms with Gasteiger partial charge < -0.3 is 5.32 Å². The number of hydrogen-bond donors (Lipinski definition) is 1. The second kappa shape index (κ2) is 6.97. The first-order chi connectivity index (χ1) is 11.5. The van der Waals surface area contributed by atoms with E-state index in [9.17, 15) is 0 Å². The molecule has 0 aliphatic rings. The topological polar surface area (TPSA) is 60.6 Å². The molecule has 6 heteroatoms. The van der Waals surface area contributed by atoms with Gasteiger partial charge in [-0.25, -0.2) is 0 Å². The fourth-order valence-electron chi connectivity index (χ4n) is 2.74. The van der Waals surface area contributed by atoms with Crippen molar-refractivity contribution in [2.24, 2.45) is 7.05 Å². The molecule has 0 amide bonds. The molecule has 126 valence electrons. The van der Waals surface area contributed by atoms with Gasteiger partial charge in [-0.3, -0.25) is 14.3 Å². The molecule has 0 bridgehead atoms. The van der Waals surface area contributed by atoms with Gasteiger partial charge in [0.15, 0.2) is 0 Å². The summed E-state index contributed by atoms with van der Waals surface area (Å²) < 4.78 is 3.86. The van der Waals surface area contributed by atoms with Crippen molar-refractivity contribution in [2.45, 2.75) is 39.4 Å². The van der Waals surface area contributed by atoms with Gasteiger partial charge in [0.2, 0.25) is 0 Å². The predicted molar refractivity (Wildman–Crippen MR) is 94.4 cm³/mol. The summed E-state index contributed by atoms with van der Waals surface area (Å²) in [4.78, 5) is 4.20. The summed E-state index contributed by atoms with van der Waals surface area (Å²) in [6, 6.07) is 4.53. The summed E-state index contributed by atoms with van der Waals surface area (Å²) in [7, 11) is 1.95. The van der Waals surface area contributed by atoms with Crippen LogP contribution in [0.15, 0.2) is 43.1 Å². The van der Waals surface area contributed by atoms with Gasteiger partial charge in [-0.1, -0.05) is 0 Å². The van der Waals surface area contributed by atoms with Gasteiger partial charge in [0.05, 0.1) is 17.9 Å². The molecule has 1 N–H and O–H groups in total. The van der Waals surface area contributed by atoms with Gasteiger partial charge in [0, 0.05) is 55.5 Å². The molecule has 24 heavy (non-hydrogen) atoms. The van der Waals surface area contributed by atoms with Crippen molar-refractivity contribution in [1.29, 1.82) is 0 Å². The van der Waals surface area contributed by atoms with Gasteiger partial charge in [-0.05, 0) is 38.5 Å². The number of aromatic nitrogens is 5. The number of aryl methyl sites for hydroxylation is 2. The van der Waals surface area contributed by atoms with Crippen LogP contribution in [0, 0.1) is 6.92 Å². The SMILES string of the molecule is Cc1cnn([C@H](C)[C@@H](C)NCc2cn(C)nc2-c2cccnc2)c1. The lowest BCUT2D eigenvalue weighted by Gasteiger charge is -2.21. The van der Waals surface area contributed by atoms with Gasteiger partial charge in [-0.15, -0.1) is 0 Å². The highest BCUT2D eigenvalue weighted by molar-refractivity contribution is 5.61. The monoisotopic (exact) mass is 324 g/mol. The molecule has 0 unspecified atom stereocenters. The molecule has 0 saturated heterocycles. The molecule has 2 atom stereocenters. The van der Waals surface area contributed by atoms with Crippen LogP contribution in [-0.2, 0) is 13.6 Å². The van der Waals surface area contributed by atoms with Crippen LogP contribution in [0.3, 0.4) is 0 Å². The highest BCUT2D eigenvalue weighted by Gasteiger charge is 2.16. The van der Waals surface area contributed by atoms with Crippen LogP contribution in [0.4, 0.5) is 0 Å². The highest BCUT2D eigenvalue weighted by Crippen LogP contribution is 2.21.